The van der Waals surface area contributed by atoms with Gasteiger partial charge in [0.25, 0.3) is 0 Å². The SMILES string of the molecule is C=C[C@H](N)c1cc(Br)cc(C(F)(F)F)c1.Cl. The Hall–Kier alpha value is -0.520. The minimum absolute atomic E-state index is 0. The van der Waals surface area contributed by atoms with Gasteiger partial charge in [-0.25, -0.2) is 0 Å². The van der Waals surface area contributed by atoms with Crippen molar-refractivity contribution in [1.82, 2.24) is 0 Å². The summed E-state index contributed by atoms with van der Waals surface area (Å²) in [6.45, 7) is 3.44. The van der Waals surface area contributed by atoms with Crippen LogP contribution in [0.5, 0.6) is 0 Å². The lowest BCUT2D eigenvalue weighted by Gasteiger charge is -2.12. The Kier molecular flexibility index (Phi) is 5.52. The monoisotopic (exact) mass is 315 g/mol. The molecule has 16 heavy (non-hydrogen) atoms. The molecule has 1 aromatic rings. The average molecular weight is 317 g/mol. The van der Waals surface area contributed by atoms with Crippen LogP contribution in [0.3, 0.4) is 0 Å². The number of nitrogens with two attached hydrogens (primary N) is 1. The summed E-state index contributed by atoms with van der Waals surface area (Å²) >= 11 is 3.01. The molecular weight excluding hydrogens is 306 g/mol. The summed E-state index contributed by atoms with van der Waals surface area (Å²) in [7, 11) is 0. The highest BCUT2D eigenvalue weighted by atomic mass is 79.9. The third kappa shape index (κ3) is 3.81. The number of halogens is 5. The van der Waals surface area contributed by atoms with Crippen molar-refractivity contribution in [3.05, 3.63) is 46.5 Å². The quantitative estimate of drug-likeness (QED) is 0.818. The van der Waals surface area contributed by atoms with Crippen LogP contribution in [-0.2, 0) is 6.18 Å². The highest BCUT2D eigenvalue weighted by Crippen LogP contribution is 2.33. The molecule has 0 spiro atoms. The first-order valence-corrected chi connectivity index (χ1v) is 4.89. The maximum atomic E-state index is 12.4. The Morgan fingerprint density at radius 1 is 1.31 bits per heavy atom. The van der Waals surface area contributed by atoms with Crippen LogP contribution >= 0.6 is 28.3 Å². The zero-order chi connectivity index (χ0) is 11.6. The van der Waals surface area contributed by atoms with Crippen molar-refractivity contribution in [1.29, 1.82) is 0 Å². The smallest absolute Gasteiger partial charge is 0.321 e. The van der Waals surface area contributed by atoms with Gasteiger partial charge in [-0.05, 0) is 23.8 Å². The van der Waals surface area contributed by atoms with Crippen LogP contribution in [0, 0.1) is 0 Å². The molecule has 2 N–H and O–H groups in total. The number of hydrogen-bond acceptors (Lipinski definition) is 1. The van der Waals surface area contributed by atoms with Crippen molar-refractivity contribution >= 4 is 28.3 Å². The lowest BCUT2D eigenvalue weighted by molar-refractivity contribution is -0.137. The summed E-state index contributed by atoms with van der Waals surface area (Å²) in [4.78, 5) is 0. The predicted octanol–water partition coefficient (Wildman–Crippen LogP) is 4.08. The molecule has 6 heteroatoms. The van der Waals surface area contributed by atoms with Gasteiger partial charge in [-0.2, -0.15) is 13.2 Å². The molecule has 1 atom stereocenters. The number of rotatable bonds is 2. The zero-order valence-corrected chi connectivity index (χ0v) is 10.5. The fraction of sp³-hybridized carbons (Fsp3) is 0.200. The van der Waals surface area contributed by atoms with Crippen molar-refractivity contribution < 1.29 is 13.2 Å². The molecule has 1 nitrogen and oxygen atoms in total. The topological polar surface area (TPSA) is 26.0 Å². The lowest BCUT2D eigenvalue weighted by Crippen LogP contribution is -2.10. The molecule has 0 unspecified atom stereocenters. The molecular formula is C10H10BrClF3N. The van der Waals surface area contributed by atoms with E-state index in [2.05, 4.69) is 22.5 Å². The van der Waals surface area contributed by atoms with Crippen LogP contribution in [-0.4, -0.2) is 0 Å². The number of hydrogen-bond donors (Lipinski definition) is 1. The van der Waals surface area contributed by atoms with Crippen LogP contribution in [0.4, 0.5) is 13.2 Å². The normalized spacial score (nSPS) is 12.8. The van der Waals surface area contributed by atoms with Gasteiger partial charge in [-0.3, -0.25) is 0 Å². The van der Waals surface area contributed by atoms with E-state index in [1.807, 2.05) is 0 Å². The van der Waals surface area contributed by atoms with Crippen molar-refractivity contribution in [2.24, 2.45) is 5.73 Å². The summed E-state index contributed by atoms with van der Waals surface area (Å²) in [6, 6.07) is 2.99. The average Bonchev–Trinajstić information content (AvgIpc) is 2.14. The Labute approximate surface area is 106 Å². The fourth-order valence-corrected chi connectivity index (χ4v) is 1.62. The minimum atomic E-state index is -4.36. The zero-order valence-electron chi connectivity index (χ0n) is 8.09. The molecule has 0 radical (unpaired) electrons. The van der Waals surface area contributed by atoms with E-state index in [1.54, 1.807) is 6.07 Å². The van der Waals surface area contributed by atoms with E-state index >= 15 is 0 Å². The molecule has 0 saturated heterocycles. The van der Waals surface area contributed by atoms with Crippen molar-refractivity contribution in [2.75, 3.05) is 0 Å². The molecule has 0 amide bonds. The highest BCUT2D eigenvalue weighted by Gasteiger charge is 2.31. The Balaban J connectivity index is 0.00000225. The molecule has 0 bridgehead atoms. The van der Waals surface area contributed by atoms with Gasteiger partial charge in [0, 0.05) is 10.5 Å². The fourth-order valence-electron chi connectivity index (χ4n) is 1.10. The van der Waals surface area contributed by atoms with E-state index < -0.39 is 17.8 Å². The second-order valence-electron chi connectivity index (χ2n) is 3.03. The molecule has 0 aromatic heterocycles. The molecule has 0 aliphatic heterocycles. The van der Waals surface area contributed by atoms with E-state index in [0.29, 0.717) is 10.0 Å². The molecule has 90 valence electrons. The van der Waals surface area contributed by atoms with Crippen LogP contribution in [0.15, 0.2) is 35.3 Å². The maximum Gasteiger partial charge on any atom is 0.416 e. The maximum absolute atomic E-state index is 12.4. The van der Waals surface area contributed by atoms with E-state index in [4.69, 9.17) is 5.73 Å². The summed E-state index contributed by atoms with van der Waals surface area (Å²) in [5, 5.41) is 0. The Morgan fingerprint density at radius 3 is 2.31 bits per heavy atom. The van der Waals surface area contributed by atoms with Gasteiger partial charge >= 0.3 is 6.18 Å². The summed E-state index contributed by atoms with van der Waals surface area (Å²) in [5.41, 5.74) is 5.23. The Morgan fingerprint density at radius 2 is 1.88 bits per heavy atom. The van der Waals surface area contributed by atoms with Gasteiger partial charge < -0.3 is 5.73 Å². The third-order valence-electron chi connectivity index (χ3n) is 1.89. The standard InChI is InChI=1S/C10H9BrF3N.ClH/c1-2-9(15)6-3-7(10(12,13)14)5-8(11)4-6;/h2-5,9H,1,15H2;1H/t9-;/m0./s1. The number of alkyl halides is 3. The van der Waals surface area contributed by atoms with E-state index in [9.17, 15) is 13.2 Å². The van der Waals surface area contributed by atoms with Crippen molar-refractivity contribution in [3.63, 3.8) is 0 Å². The second-order valence-corrected chi connectivity index (χ2v) is 3.95. The van der Waals surface area contributed by atoms with Gasteiger partial charge in [0.2, 0.25) is 0 Å². The van der Waals surface area contributed by atoms with E-state index in [0.717, 1.165) is 12.1 Å². The second kappa shape index (κ2) is 5.70. The summed E-state index contributed by atoms with van der Waals surface area (Å²) in [6.07, 6.45) is -2.97. The van der Waals surface area contributed by atoms with Gasteiger partial charge in [-0.15, -0.1) is 19.0 Å². The molecule has 0 aliphatic rings. The molecule has 0 fully saturated rings. The van der Waals surface area contributed by atoms with Crippen LogP contribution in [0.2, 0.25) is 0 Å². The van der Waals surface area contributed by atoms with Crippen molar-refractivity contribution in [3.8, 4) is 0 Å². The molecule has 0 heterocycles. The van der Waals surface area contributed by atoms with Gasteiger partial charge in [0.05, 0.1) is 5.56 Å². The molecule has 0 saturated carbocycles. The van der Waals surface area contributed by atoms with Crippen LogP contribution in [0.1, 0.15) is 17.2 Å². The van der Waals surface area contributed by atoms with Gasteiger partial charge in [0.15, 0.2) is 0 Å². The Bertz CT molecular complexity index is 379. The minimum Gasteiger partial charge on any atom is -0.321 e. The summed E-state index contributed by atoms with van der Waals surface area (Å²) < 4.78 is 37.6. The van der Waals surface area contributed by atoms with Crippen molar-refractivity contribution in [2.45, 2.75) is 12.2 Å². The predicted molar refractivity (Wildman–Crippen MR) is 63.5 cm³/mol. The van der Waals surface area contributed by atoms with Gasteiger partial charge in [0.1, 0.15) is 0 Å². The first-order valence-electron chi connectivity index (χ1n) is 4.10. The van der Waals surface area contributed by atoms with Crippen LogP contribution in [0.25, 0.3) is 0 Å². The largest absolute Gasteiger partial charge is 0.416 e. The summed E-state index contributed by atoms with van der Waals surface area (Å²) in [5.74, 6) is 0. The first-order chi connectivity index (χ1) is 6.84. The van der Waals surface area contributed by atoms with Gasteiger partial charge in [-0.1, -0.05) is 22.0 Å². The van der Waals surface area contributed by atoms with E-state index in [-0.39, 0.29) is 12.4 Å². The molecule has 1 aromatic carbocycles. The number of benzene rings is 1. The molecule has 0 aliphatic carbocycles. The lowest BCUT2D eigenvalue weighted by atomic mass is 10.0. The molecule has 1 rings (SSSR count). The van der Waals surface area contributed by atoms with Crippen LogP contribution < -0.4 is 5.73 Å². The van der Waals surface area contributed by atoms with E-state index in [1.165, 1.54) is 6.08 Å². The third-order valence-corrected chi connectivity index (χ3v) is 2.34. The first kappa shape index (κ1) is 15.5. The highest BCUT2D eigenvalue weighted by molar-refractivity contribution is 9.10.